The maximum Gasteiger partial charge on any atom is 0.0965 e. The molecule has 0 aliphatic rings. The van der Waals surface area contributed by atoms with Crippen LogP contribution in [0.3, 0.4) is 0 Å². The van der Waals surface area contributed by atoms with Gasteiger partial charge in [0.2, 0.25) is 0 Å². The van der Waals surface area contributed by atoms with E-state index in [2.05, 4.69) is 17.4 Å². The van der Waals surface area contributed by atoms with E-state index in [4.69, 9.17) is 12.2 Å². The minimum Gasteiger partial charge on any atom is -0.308 e. The van der Waals surface area contributed by atoms with Crippen LogP contribution in [0, 0.1) is 5.92 Å². The molecule has 2 nitrogen and oxygen atoms in total. The molecule has 0 aromatic heterocycles. The monoisotopic (exact) mass is 144 g/mol. The Kier molecular flexibility index (Phi) is 4.05. The predicted molar refractivity (Wildman–Crippen MR) is 43.9 cm³/mol. The number of hydrogen-bond donors (Lipinski definition) is 2. The van der Waals surface area contributed by atoms with Crippen molar-refractivity contribution in [1.82, 2.24) is 10.9 Å². The highest BCUT2D eigenvalue weighted by Crippen LogP contribution is 1.91. The smallest absolute Gasteiger partial charge is 0.0965 e. The number of nitrogens with one attached hydrogen (secondary N) is 2. The molecule has 0 amide bonds. The van der Waals surface area contributed by atoms with Crippen LogP contribution in [-0.2, 0) is 0 Å². The summed E-state index contributed by atoms with van der Waals surface area (Å²) in [6.07, 6.45) is 1.55. The lowest BCUT2D eigenvalue weighted by atomic mass is 10.2. The van der Waals surface area contributed by atoms with Crippen molar-refractivity contribution >= 4 is 17.2 Å². The highest BCUT2D eigenvalue weighted by molar-refractivity contribution is 7.80. The van der Waals surface area contributed by atoms with E-state index < -0.39 is 0 Å². The van der Waals surface area contributed by atoms with Crippen LogP contribution in [0.1, 0.15) is 13.8 Å². The van der Waals surface area contributed by atoms with Gasteiger partial charge in [-0.05, 0) is 0 Å². The molecule has 0 atom stereocenters. The third-order valence-corrected chi connectivity index (χ3v) is 1.40. The van der Waals surface area contributed by atoms with Crippen LogP contribution in [-0.4, -0.2) is 4.99 Å². The molecule has 2 N–H and O–H groups in total. The standard InChI is InChI=1S/C6H12N2S/c1-4-7-8-6(9)5(2)3/h4-5,7H,1H2,2-3H3,(H,8,9). The summed E-state index contributed by atoms with van der Waals surface area (Å²) in [4.78, 5) is 0.801. The first-order valence-electron chi connectivity index (χ1n) is 2.84. The Hall–Kier alpha value is -0.570. The molecule has 0 saturated carbocycles. The molecule has 0 fully saturated rings. The van der Waals surface area contributed by atoms with Gasteiger partial charge in [0.25, 0.3) is 0 Å². The minimum absolute atomic E-state index is 0.382. The van der Waals surface area contributed by atoms with Gasteiger partial charge in [0.05, 0.1) is 4.99 Å². The van der Waals surface area contributed by atoms with Crippen LogP contribution in [0.15, 0.2) is 12.8 Å². The highest BCUT2D eigenvalue weighted by atomic mass is 32.1. The topological polar surface area (TPSA) is 24.1 Å². The van der Waals surface area contributed by atoms with Crippen LogP contribution >= 0.6 is 12.2 Å². The first-order chi connectivity index (χ1) is 4.18. The van der Waals surface area contributed by atoms with Crippen LogP contribution < -0.4 is 10.9 Å². The zero-order valence-electron chi connectivity index (χ0n) is 5.77. The van der Waals surface area contributed by atoms with Gasteiger partial charge >= 0.3 is 0 Å². The predicted octanol–water partition coefficient (Wildman–Crippen LogP) is 1.21. The zero-order chi connectivity index (χ0) is 7.28. The summed E-state index contributed by atoms with van der Waals surface area (Å²) in [7, 11) is 0. The van der Waals surface area contributed by atoms with Gasteiger partial charge in [0.1, 0.15) is 0 Å². The molecule has 0 aromatic carbocycles. The molecular formula is C6H12N2S. The molecular weight excluding hydrogens is 132 g/mol. The summed E-state index contributed by atoms with van der Waals surface area (Å²) < 4.78 is 0. The second kappa shape index (κ2) is 4.32. The molecule has 0 spiro atoms. The van der Waals surface area contributed by atoms with Crippen molar-refractivity contribution in [2.24, 2.45) is 5.92 Å². The fourth-order valence-electron chi connectivity index (χ4n) is 0.266. The van der Waals surface area contributed by atoms with Crippen LogP contribution in [0.25, 0.3) is 0 Å². The molecule has 3 heteroatoms. The lowest BCUT2D eigenvalue weighted by molar-refractivity contribution is 0.760. The summed E-state index contributed by atoms with van der Waals surface area (Å²) >= 11 is 4.92. The molecule has 0 rings (SSSR count). The SMILES string of the molecule is C=CNNC(=S)C(C)C. The van der Waals surface area contributed by atoms with E-state index in [-0.39, 0.29) is 0 Å². The van der Waals surface area contributed by atoms with Gasteiger partial charge in [-0.1, -0.05) is 32.6 Å². The summed E-state index contributed by atoms with van der Waals surface area (Å²) in [6.45, 7) is 7.51. The van der Waals surface area contributed by atoms with Crippen molar-refractivity contribution < 1.29 is 0 Å². The van der Waals surface area contributed by atoms with Crippen molar-refractivity contribution in [2.45, 2.75) is 13.8 Å². The summed E-state index contributed by atoms with van der Waals surface area (Å²) in [5, 5.41) is 0. The molecule has 0 saturated heterocycles. The Labute approximate surface area is 61.3 Å². The minimum atomic E-state index is 0.382. The number of hydrogen-bond acceptors (Lipinski definition) is 2. The molecule has 0 bridgehead atoms. The Balaban J connectivity index is 3.38. The Morgan fingerprint density at radius 1 is 1.67 bits per heavy atom. The number of rotatable bonds is 3. The number of hydrazine groups is 1. The average molecular weight is 144 g/mol. The molecule has 0 unspecified atom stereocenters. The van der Waals surface area contributed by atoms with E-state index >= 15 is 0 Å². The van der Waals surface area contributed by atoms with Gasteiger partial charge in [-0.3, -0.25) is 5.43 Å². The Morgan fingerprint density at radius 3 is 2.56 bits per heavy atom. The summed E-state index contributed by atoms with van der Waals surface area (Å²) in [5.41, 5.74) is 5.50. The molecule has 9 heavy (non-hydrogen) atoms. The zero-order valence-corrected chi connectivity index (χ0v) is 6.59. The van der Waals surface area contributed by atoms with Crippen LogP contribution in [0.5, 0.6) is 0 Å². The second-order valence-electron chi connectivity index (χ2n) is 1.99. The van der Waals surface area contributed by atoms with Gasteiger partial charge < -0.3 is 5.43 Å². The highest BCUT2D eigenvalue weighted by Gasteiger charge is 1.97. The largest absolute Gasteiger partial charge is 0.308 e. The first kappa shape index (κ1) is 8.43. The van der Waals surface area contributed by atoms with Crippen molar-refractivity contribution in [3.8, 4) is 0 Å². The summed E-state index contributed by atoms with van der Waals surface area (Å²) in [5.74, 6) is 0.382. The number of thiocarbonyl (C=S) groups is 1. The summed E-state index contributed by atoms with van der Waals surface area (Å²) in [6, 6.07) is 0. The van der Waals surface area contributed by atoms with E-state index in [0.717, 1.165) is 4.99 Å². The molecule has 0 heterocycles. The van der Waals surface area contributed by atoms with Crippen LogP contribution in [0.4, 0.5) is 0 Å². The van der Waals surface area contributed by atoms with Crippen molar-refractivity contribution in [3.05, 3.63) is 12.8 Å². The maximum atomic E-state index is 4.92. The van der Waals surface area contributed by atoms with E-state index in [1.165, 1.54) is 0 Å². The molecule has 52 valence electrons. The second-order valence-corrected chi connectivity index (χ2v) is 2.43. The van der Waals surface area contributed by atoms with Crippen LogP contribution in [0.2, 0.25) is 0 Å². The van der Waals surface area contributed by atoms with E-state index in [0.29, 0.717) is 5.92 Å². The van der Waals surface area contributed by atoms with Gasteiger partial charge in [0, 0.05) is 12.1 Å². The Morgan fingerprint density at radius 2 is 2.22 bits per heavy atom. The third-order valence-electron chi connectivity index (χ3n) is 0.822. The van der Waals surface area contributed by atoms with E-state index in [1.807, 2.05) is 13.8 Å². The van der Waals surface area contributed by atoms with Crippen molar-refractivity contribution in [2.75, 3.05) is 0 Å². The van der Waals surface area contributed by atoms with Gasteiger partial charge in [-0.15, -0.1) is 0 Å². The third kappa shape index (κ3) is 3.97. The van der Waals surface area contributed by atoms with Gasteiger partial charge in [-0.2, -0.15) is 0 Å². The van der Waals surface area contributed by atoms with Crippen molar-refractivity contribution in [1.29, 1.82) is 0 Å². The Bertz CT molecular complexity index is 110. The maximum absolute atomic E-state index is 4.92. The molecule has 0 aliphatic heterocycles. The fraction of sp³-hybridized carbons (Fsp3) is 0.500. The van der Waals surface area contributed by atoms with Crippen molar-refractivity contribution in [3.63, 3.8) is 0 Å². The van der Waals surface area contributed by atoms with E-state index in [1.54, 1.807) is 6.20 Å². The molecule has 0 radical (unpaired) electrons. The van der Waals surface area contributed by atoms with Gasteiger partial charge in [0.15, 0.2) is 0 Å². The lowest BCUT2D eigenvalue weighted by Crippen LogP contribution is -2.34. The lowest BCUT2D eigenvalue weighted by Gasteiger charge is -2.08. The normalized spacial score (nSPS) is 8.78. The molecule has 0 aromatic rings. The van der Waals surface area contributed by atoms with E-state index in [9.17, 15) is 0 Å². The average Bonchev–Trinajstić information content (AvgIpc) is 1.82. The van der Waals surface area contributed by atoms with Gasteiger partial charge in [-0.25, -0.2) is 0 Å². The fourth-order valence-corrected chi connectivity index (χ4v) is 0.325. The first-order valence-corrected chi connectivity index (χ1v) is 3.25. The molecule has 0 aliphatic carbocycles. The quantitative estimate of drug-likeness (QED) is 0.460.